The van der Waals surface area contributed by atoms with Crippen molar-refractivity contribution in [2.24, 2.45) is 0 Å². The van der Waals surface area contributed by atoms with Gasteiger partial charge < -0.3 is 10.6 Å². The molecule has 1 aliphatic heterocycles. The maximum atomic E-state index is 13.0. The average Bonchev–Trinajstić information content (AvgIpc) is 2.99. The number of halogens is 1. The number of carbonyl (C=O) groups is 2. The molecule has 0 aromatic heterocycles. The fourth-order valence-corrected chi connectivity index (χ4v) is 5.06. The monoisotopic (exact) mass is 449 g/mol. The summed E-state index contributed by atoms with van der Waals surface area (Å²) in [5, 5.41) is 5.51. The van der Waals surface area contributed by atoms with Gasteiger partial charge in [0.1, 0.15) is 0 Å². The highest BCUT2D eigenvalue weighted by atomic mass is 35.5. The summed E-state index contributed by atoms with van der Waals surface area (Å²) in [4.78, 5) is 23.9. The van der Waals surface area contributed by atoms with E-state index in [1.807, 2.05) is 0 Å². The van der Waals surface area contributed by atoms with Gasteiger partial charge in [-0.3, -0.25) is 9.59 Å². The van der Waals surface area contributed by atoms with Crippen LogP contribution in [-0.4, -0.2) is 37.6 Å². The Morgan fingerprint density at radius 3 is 2.03 bits per heavy atom. The number of benzene rings is 2. The quantitative estimate of drug-likeness (QED) is 0.717. The fraction of sp³-hybridized carbons (Fsp3) is 0.333. The summed E-state index contributed by atoms with van der Waals surface area (Å²) < 4.78 is 27.5. The Kier molecular flexibility index (Phi) is 7.12. The molecule has 0 bridgehead atoms. The Balaban J connectivity index is 1.80. The van der Waals surface area contributed by atoms with Crippen molar-refractivity contribution in [3.63, 3.8) is 0 Å². The highest BCUT2D eigenvalue weighted by molar-refractivity contribution is 7.89. The first kappa shape index (κ1) is 22.3. The summed E-state index contributed by atoms with van der Waals surface area (Å²) >= 11 is 6.19. The summed E-state index contributed by atoms with van der Waals surface area (Å²) in [7, 11) is -3.69. The molecule has 0 atom stereocenters. The molecule has 1 aliphatic rings. The molecule has 160 valence electrons. The molecule has 2 aromatic rings. The van der Waals surface area contributed by atoms with E-state index in [1.165, 1.54) is 29.4 Å². The van der Waals surface area contributed by atoms with Gasteiger partial charge in [0.15, 0.2) is 0 Å². The SMILES string of the molecule is CC(=O)Nc1ccc(NC(=O)c2cc(S(=O)(=O)N3CCCCCC3)ccc2Cl)cc1. The van der Waals surface area contributed by atoms with Crippen molar-refractivity contribution < 1.29 is 18.0 Å². The van der Waals surface area contributed by atoms with Crippen LogP contribution < -0.4 is 10.6 Å². The fourth-order valence-electron chi connectivity index (χ4n) is 3.31. The maximum Gasteiger partial charge on any atom is 0.257 e. The molecule has 0 aliphatic carbocycles. The molecule has 7 nitrogen and oxygen atoms in total. The number of nitrogens with zero attached hydrogens (tertiary/aromatic N) is 1. The second-order valence-electron chi connectivity index (χ2n) is 7.17. The van der Waals surface area contributed by atoms with E-state index < -0.39 is 15.9 Å². The summed E-state index contributed by atoms with van der Waals surface area (Å²) in [5.41, 5.74) is 1.17. The smallest absolute Gasteiger partial charge is 0.257 e. The minimum Gasteiger partial charge on any atom is -0.326 e. The van der Waals surface area contributed by atoms with Crippen LogP contribution in [0.25, 0.3) is 0 Å². The molecule has 30 heavy (non-hydrogen) atoms. The third-order valence-corrected chi connectivity index (χ3v) is 7.07. The molecule has 0 unspecified atom stereocenters. The van der Waals surface area contributed by atoms with Crippen LogP contribution in [0.2, 0.25) is 5.02 Å². The molecule has 0 spiro atoms. The van der Waals surface area contributed by atoms with Gasteiger partial charge in [-0.15, -0.1) is 0 Å². The molecule has 2 amide bonds. The van der Waals surface area contributed by atoms with E-state index >= 15 is 0 Å². The normalized spacial score (nSPS) is 15.3. The van der Waals surface area contributed by atoms with Crippen LogP contribution in [0.1, 0.15) is 43.0 Å². The number of hydrogen-bond acceptors (Lipinski definition) is 4. The summed E-state index contributed by atoms with van der Waals surface area (Å²) in [6, 6.07) is 10.8. The Morgan fingerprint density at radius 2 is 1.47 bits per heavy atom. The van der Waals surface area contributed by atoms with E-state index in [1.54, 1.807) is 24.3 Å². The van der Waals surface area contributed by atoms with Crippen molar-refractivity contribution in [2.45, 2.75) is 37.5 Å². The average molecular weight is 450 g/mol. The molecule has 9 heteroatoms. The zero-order valence-electron chi connectivity index (χ0n) is 16.7. The minimum absolute atomic E-state index is 0.0555. The van der Waals surface area contributed by atoms with Gasteiger partial charge in [-0.25, -0.2) is 8.42 Å². The number of nitrogens with one attached hydrogen (secondary N) is 2. The van der Waals surface area contributed by atoms with Gasteiger partial charge in [0.25, 0.3) is 5.91 Å². The first-order chi connectivity index (χ1) is 14.3. The molecule has 0 saturated carbocycles. The van der Waals surface area contributed by atoms with Crippen LogP contribution in [0, 0.1) is 0 Å². The zero-order chi connectivity index (χ0) is 21.7. The van der Waals surface area contributed by atoms with E-state index in [0.29, 0.717) is 24.5 Å². The number of rotatable bonds is 5. The molecule has 2 aromatic carbocycles. The van der Waals surface area contributed by atoms with Crippen molar-refractivity contribution in [1.82, 2.24) is 4.31 Å². The number of hydrogen-bond donors (Lipinski definition) is 2. The van der Waals surface area contributed by atoms with Crippen molar-refractivity contribution in [1.29, 1.82) is 0 Å². The Hall–Kier alpha value is -2.42. The van der Waals surface area contributed by atoms with Gasteiger partial charge >= 0.3 is 0 Å². The van der Waals surface area contributed by atoms with Gasteiger partial charge in [0, 0.05) is 31.4 Å². The lowest BCUT2D eigenvalue weighted by molar-refractivity contribution is -0.114. The predicted molar refractivity (Wildman–Crippen MR) is 117 cm³/mol. The summed E-state index contributed by atoms with van der Waals surface area (Å²) in [6.45, 7) is 2.37. The van der Waals surface area contributed by atoms with Gasteiger partial charge in [-0.05, 0) is 55.3 Å². The molecule has 1 saturated heterocycles. The molecule has 0 radical (unpaired) electrons. The molecule has 1 heterocycles. The van der Waals surface area contributed by atoms with Gasteiger partial charge in [-0.2, -0.15) is 4.31 Å². The second-order valence-corrected chi connectivity index (χ2v) is 9.52. The first-order valence-corrected chi connectivity index (χ1v) is 11.6. The van der Waals surface area contributed by atoms with E-state index in [9.17, 15) is 18.0 Å². The summed E-state index contributed by atoms with van der Waals surface area (Å²) in [6.07, 6.45) is 3.69. The van der Waals surface area contributed by atoms with Gasteiger partial charge in [0.05, 0.1) is 15.5 Å². The molecular weight excluding hydrogens is 426 g/mol. The lowest BCUT2D eigenvalue weighted by Gasteiger charge is -2.20. The number of sulfonamides is 1. The lowest BCUT2D eigenvalue weighted by Crippen LogP contribution is -2.32. The van der Waals surface area contributed by atoms with E-state index in [0.717, 1.165) is 25.7 Å². The summed E-state index contributed by atoms with van der Waals surface area (Å²) in [5.74, 6) is -0.707. The Morgan fingerprint density at radius 1 is 0.900 bits per heavy atom. The van der Waals surface area contributed by atoms with Crippen LogP contribution in [0.3, 0.4) is 0 Å². The molecular formula is C21H24ClN3O4S. The van der Waals surface area contributed by atoms with Crippen molar-refractivity contribution >= 4 is 44.8 Å². The first-order valence-electron chi connectivity index (χ1n) is 9.76. The van der Waals surface area contributed by atoms with Crippen LogP contribution >= 0.6 is 11.6 Å². The second kappa shape index (κ2) is 9.59. The van der Waals surface area contributed by atoms with Gasteiger partial charge in [0.2, 0.25) is 15.9 Å². The highest BCUT2D eigenvalue weighted by Crippen LogP contribution is 2.26. The topological polar surface area (TPSA) is 95.6 Å². The minimum atomic E-state index is -3.69. The Bertz CT molecular complexity index is 1030. The van der Waals surface area contributed by atoms with Crippen LogP contribution in [0.5, 0.6) is 0 Å². The third-order valence-electron chi connectivity index (χ3n) is 4.85. The molecule has 1 fully saturated rings. The molecule has 2 N–H and O–H groups in total. The zero-order valence-corrected chi connectivity index (χ0v) is 18.2. The van der Waals surface area contributed by atoms with Crippen LogP contribution in [0.15, 0.2) is 47.4 Å². The maximum absolute atomic E-state index is 13.0. The largest absolute Gasteiger partial charge is 0.326 e. The molecule has 3 rings (SSSR count). The predicted octanol–water partition coefficient (Wildman–Crippen LogP) is 4.12. The van der Waals surface area contributed by atoms with Crippen LogP contribution in [-0.2, 0) is 14.8 Å². The van der Waals surface area contributed by atoms with E-state index in [4.69, 9.17) is 11.6 Å². The number of carbonyl (C=O) groups excluding carboxylic acids is 2. The highest BCUT2D eigenvalue weighted by Gasteiger charge is 2.26. The number of anilines is 2. The van der Waals surface area contributed by atoms with E-state index in [-0.39, 0.29) is 21.4 Å². The van der Waals surface area contributed by atoms with Crippen molar-refractivity contribution in [3.05, 3.63) is 53.1 Å². The third kappa shape index (κ3) is 5.38. The van der Waals surface area contributed by atoms with Crippen LogP contribution in [0.4, 0.5) is 11.4 Å². The standard InChI is InChI=1S/C21H24ClN3O4S/c1-15(26)23-16-6-8-17(9-7-16)24-21(27)19-14-18(10-11-20(19)22)30(28,29)25-12-4-2-3-5-13-25/h6-11,14H,2-5,12-13H2,1H3,(H,23,26)(H,24,27). The van der Waals surface area contributed by atoms with Crippen molar-refractivity contribution in [2.75, 3.05) is 23.7 Å². The lowest BCUT2D eigenvalue weighted by atomic mass is 10.2. The van der Waals surface area contributed by atoms with E-state index in [2.05, 4.69) is 10.6 Å². The number of amides is 2. The van der Waals surface area contributed by atoms with Crippen molar-refractivity contribution in [3.8, 4) is 0 Å². The Labute approximate surface area is 181 Å². The van der Waals surface area contributed by atoms with Gasteiger partial charge in [-0.1, -0.05) is 24.4 Å².